The van der Waals surface area contributed by atoms with E-state index in [1.165, 1.54) is 36.2 Å². The molecule has 2 nitrogen and oxygen atoms in total. The van der Waals surface area contributed by atoms with Crippen LogP contribution in [0.1, 0.15) is 37.0 Å². The molecular formula is C12H17ClN2. The van der Waals surface area contributed by atoms with Crippen molar-refractivity contribution in [1.29, 1.82) is 0 Å². The lowest BCUT2D eigenvalue weighted by molar-refractivity contribution is 0.622. The lowest BCUT2D eigenvalue weighted by Gasteiger charge is -2.14. The van der Waals surface area contributed by atoms with Crippen LogP contribution in [-0.4, -0.2) is 9.55 Å². The highest BCUT2D eigenvalue weighted by molar-refractivity contribution is 6.25. The molecule has 0 spiro atoms. The number of aromatic nitrogens is 2. The molecule has 1 aromatic heterocycles. The van der Waals surface area contributed by atoms with Crippen molar-refractivity contribution in [3.05, 3.63) is 28.3 Å². The summed E-state index contributed by atoms with van der Waals surface area (Å²) in [5.74, 6) is 1.12. The molecule has 0 atom stereocenters. The number of fused-ring (bicyclic) bond motifs is 1. The van der Waals surface area contributed by atoms with Crippen molar-refractivity contribution in [2.45, 2.75) is 46.1 Å². The summed E-state index contributed by atoms with van der Waals surface area (Å²) in [6, 6.07) is 0. The minimum atomic E-state index is 0.887. The highest BCUT2D eigenvalue weighted by atomic mass is 35.5. The monoisotopic (exact) mass is 224 g/mol. The van der Waals surface area contributed by atoms with Gasteiger partial charge in [0, 0.05) is 17.8 Å². The Balaban J connectivity index is 2.33. The standard InChI is InChI=1S/C12H17ClN2/c1-9(7-13)8-15-10(2)14-11-5-3-4-6-12(11)15/h7H,3-6,8H2,1-2H3. The zero-order chi connectivity index (χ0) is 10.8. The minimum Gasteiger partial charge on any atom is -0.328 e. The van der Waals surface area contributed by atoms with Crippen LogP contribution in [0, 0.1) is 6.92 Å². The molecular weight excluding hydrogens is 208 g/mol. The van der Waals surface area contributed by atoms with Gasteiger partial charge in [-0.1, -0.05) is 11.6 Å². The summed E-state index contributed by atoms with van der Waals surface area (Å²) in [6.45, 7) is 5.03. The maximum absolute atomic E-state index is 5.71. The Morgan fingerprint density at radius 1 is 1.47 bits per heavy atom. The topological polar surface area (TPSA) is 17.8 Å². The highest BCUT2D eigenvalue weighted by Gasteiger charge is 2.17. The second-order valence-electron chi connectivity index (χ2n) is 4.30. The number of hydrogen-bond acceptors (Lipinski definition) is 1. The number of aryl methyl sites for hydroxylation is 2. The molecule has 0 amide bonds. The summed E-state index contributed by atoms with van der Waals surface area (Å²) in [5, 5.41) is 0. The van der Waals surface area contributed by atoms with Gasteiger partial charge < -0.3 is 4.57 Å². The van der Waals surface area contributed by atoms with Crippen LogP contribution in [0.25, 0.3) is 0 Å². The average Bonchev–Trinajstić information content (AvgIpc) is 2.55. The van der Waals surface area contributed by atoms with Gasteiger partial charge in [-0.15, -0.1) is 0 Å². The van der Waals surface area contributed by atoms with E-state index >= 15 is 0 Å². The van der Waals surface area contributed by atoms with Crippen LogP contribution in [0.3, 0.4) is 0 Å². The summed E-state index contributed by atoms with van der Waals surface area (Å²) in [5.41, 5.74) is 5.58. The lowest BCUT2D eigenvalue weighted by Crippen LogP contribution is -2.10. The maximum atomic E-state index is 5.71. The van der Waals surface area contributed by atoms with Gasteiger partial charge in [-0.2, -0.15) is 0 Å². The van der Waals surface area contributed by atoms with Crippen molar-refractivity contribution in [2.75, 3.05) is 0 Å². The molecule has 1 aromatic rings. The first-order valence-electron chi connectivity index (χ1n) is 5.53. The highest BCUT2D eigenvalue weighted by Crippen LogP contribution is 2.22. The van der Waals surface area contributed by atoms with Crippen LogP contribution in [0.15, 0.2) is 11.1 Å². The summed E-state index contributed by atoms with van der Waals surface area (Å²) in [7, 11) is 0. The third-order valence-corrected chi connectivity index (χ3v) is 3.39. The number of halogens is 1. The first-order chi connectivity index (χ1) is 7.22. The predicted octanol–water partition coefficient (Wildman–Crippen LogP) is 3.21. The molecule has 0 saturated carbocycles. The van der Waals surface area contributed by atoms with Gasteiger partial charge in [-0.3, -0.25) is 0 Å². The molecule has 15 heavy (non-hydrogen) atoms. The van der Waals surface area contributed by atoms with E-state index in [2.05, 4.69) is 23.4 Å². The minimum absolute atomic E-state index is 0.887. The van der Waals surface area contributed by atoms with E-state index in [-0.39, 0.29) is 0 Å². The van der Waals surface area contributed by atoms with Gasteiger partial charge in [0.2, 0.25) is 0 Å². The smallest absolute Gasteiger partial charge is 0.106 e. The zero-order valence-electron chi connectivity index (χ0n) is 9.39. The predicted molar refractivity (Wildman–Crippen MR) is 63.2 cm³/mol. The molecule has 82 valence electrons. The molecule has 1 aliphatic carbocycles. The average molecular weight is 225 g/mol. The third-order valence-electron chi connectivity index (χ3n) is 3.02. The number of imidazole rings is 1. The van der Waals surface area contributed by atoms with Crippen LogP contribution in [0.5, 0.6) is 0 Å². The molecule has 0 fully saturated rings. The molecule has 2 rings (SSSR count). The van der Waals surface area contributed by atoms with E-state index in [4.69, 9.17) is 11.6 Å². The van der Waals surface area contributed by atoms with Gasteiger partial charge in [0.25, 0.3) is 0 Å². The Bertz CT molecular complexity index is 391. The van der Waals surface area contributed by atoms with Crippen LogP contribution >= 0.6 is 11.6 Å². The van der Waals surface area contributed by atoms with E-state index in [0.717, 1.165) is 18.8 Å². The Kier molecular flexibility index (Phi) is 3.15. The Morgan fingerprint density at radius 2 is 2.20 bits per heavy atom. The fourth-order valence-electron chi connectivity index (χ4n) is 2.23. The molecule has 1 aliphatic rings. The van der Waals surface area contributed by atoms with Crippen molar-refractivity contribution in [3.63, 3.8) is 0 Å². The molecule has 0 N–H and O–H groups in total. The fourth-order valence-corrected chi connectivity index (χ4v) is 2.30. The zero-order valence-corrected chi connectivity index (χ0v) is 10.1. The summed E-state index contributed by atoms with van der Waals surface area (Å²) in [6.07, 6.45) is 4.90. The van der Waals surface area contributed by atoms with Gasteiger partial charge in [0.1, 0.15) is 5.82 Å². The molecule has 0 saturated heterocycles. The summed E-state index contributed by atoms with van der Waals surface area (Å²) < 4.78 is 2.31. The SMILES string of the molecule is CC(=CCl)Cn1c(C)nc2c1CCCC2. The number of nitrogens with zero attached hydrogens (tertiary/aromatic N) is 2. The van der Waals surface area contributed by atoms with Gasteiger partial charge >= 0.3 is 0 Å². The largest absolute Gasteiger partial charge is 0.328 e. The first kappa shape index (κ1) is 10.7. The Morgan fingerprint density at radius 3 is 2.93 bits per heavy atom. The van der Waals surface area contributed by atoms with E-state index in [1.54, 1.807) is 5.54 Å². The van der Waals surface area contributed by atoms with Crippen molar-refractivity contribution in [1.82, 2.24) is 9.55 Å². The summed E-state index contributed by atoms with van der Waals surface area (Å²) >= 11 is 5.71. The quantitative estimate of drug-likeness (QED) is 0.755. The second-order valence-corrected chi connectivity index (χ2v) is 4.52. The number of hydrogen-bond donors (Lipinski definition) is 0. The first-order valence-corrected chi connectivity index (χ1v) is 5.96. The van der Waals surface area contributed by atoms with E-state index in [9.17, 15) is 0 Å². The van der Waals surface area contributed by atoms with Crippen molar-refractivity contribution >= 4 is 11.6 Å². The van der Waals surface area contributed by atoms with E-state index < -0.39 is 0 Å². The Hall–Kier alpha value is -0.760. The van der Waals surface area contributed by atoms with Crippen LogP contribution in [0.4, 0.5) is 0 Å². The van der Waals surface area contributed by atoms with Crippen LogP contribution in [0.2, 0.25) is 0 Å². The van der Waals surface area contributed by atoms with Crippen molar-refractivity contribution in [2.24, 2.45) is 0 Å². The van der Waals surface area contributed by atoms with Gasteiger partial charge in [0.05, 0.1) is 5.69 Å². The van der Waals surface area contributed by atoms with Gasteiger partial charge in [-0.05, 0) is 45.1 Å². The number of allylic oxidation sites excluding steroid dienone is 1. The van der Waals surface area contributed by atoms with Crippen molar-refractivity contribution < 1.29 is 0 Å². The van der Waals surface area contributed by atoms with Crippen LogP contribution in [-0.2, 0) is 19.4 Å². The third kappa shape index (κ3) is 2.10. The molecule has 0 radical (unpaired) electrons. The van der Waals surface area contributed by atoms with Crippen molar-refractivity contribution in [3.8, 4) is 0 Å². The van der Waals surface area contributed by atoms with Gasteiger partial charge in [0.15, 0.2) is 0 Å². The molecule has 0 bridgehead atoms. The molecule has 0 unspecified atom stereocenters. The van der Waals surface area contributed by atoms with Crippen LogP contribution < -0.4 is 0 Å². The summed E-state index contributed by atoms with van der Waals surface area (Å²) in [4.78, 5) is 4.63. The lowest BCUT2D eigenvalue weighted by atomic mass is 10.0. The molecule has 1 heterocycles. The fraction of sp³-hybridized carbons (Fsp3) is 0.583. The number of rotatable bonds is 2. The van der Waals surface area contributed by atoms with E-state index in [0.29, 0.717) is 0 Å². The molecule has 3 heteroatoms. The molecule has 0 aliphatic heterocycles. The second kappa shape index (κ2) is 4.40. The van der Waals surface area contributed by atoms with Gasteiger partial charge in [-0.25, -0.2) is 4.98 Å². The van der Waals surface area contributed by atoms with E-state index in [1.807, 2.05) is 0 Å². The maximum Gasteiger partial charge on any atom is 0.106 e. The Labute approximate surface area is 96.0 Å². The molecule has 0 aromatic carbocycles. The normalized spacial score (nSPS) is 16.6.